The van der Waals surface area contributed by atoms with Gasteiger partial charge in [0.15, 0.2) is 6.23 Å². The number of esters is 1. The minimum Gasteiger partial charge on any atom is -0.468 e. The molecule has 41 heavy (non-hydrogen) atoms. The van der Waals surface area contributed by atoms with Gasteiger partial charge in [0.05, 0.1) is 25.9 Å². The van der Waals surface area contributed by atoms with Gasteiger partial charge in [-0.2, -0.15) is 16.8 Å². The van der Waals surface area contributed by atoms with Crippen molar-refractivity contribution in [2.75, 3.05) is 32.8 Å². The molecule has 1 aromatic rings. The summed E-state index contributed by atoms with van der Waals surface area (Å²) in [6, 6.07) is 5.59. The number of urea groups is 1. The first-order chi connectivity index (χ1) is 19.5. The van der Waals surface area contributed by atoms with Gasteiger partial charge < -0.3 is 18.7 Å². The van der Waals surface area contributed by atoms with Gasteiger partial charge in [0, 0.05) is 18.4 Å². The summed E-state index contributed by atoms with van der Waals surface area (Å²) in [5.41, 5.74) is 9.17. The molecule has 2 aliphatic heterocycles. The summed E-state index contributed by atoms with van der Waals surface area (Å²) in [5.74, 6) is -0.486. The molecular formula is C23H32BrN6O9PS. The molecule has 0 spiro atoms. The Morgan fingerprint density at radius 1 is 1.39 bits per heavy atom. The summed E-state index contributed by atoms with van der Waals surface area (Å²) >= 11 is 4.80. The van der Waals surface area contributed by atoms with Crippen molar-refractivity contribution in [2.45, 2.75) is 54.7 Å². The Morgan fingerprint density at radius 3 is 2.71 bits per heavy atom. The van der Waals surface area contributed by atoms with Crippen LogP contribution in [0.1, 0.15) is 19.8 Å². The normalized spacial score (nSPS) is 28.3. The first-order valence-corrected chi connectivity index (χ1v) is 16.1. The predicted octanol–water partition coefficient (Wildman–Crippen LogP) is 3.55. The molecule has 18 heteroatoms. The number of halogens is 1. The number of para-hydroxylation sites is 1. The van der Waals surface area contributed by atoms with Gasteiger partial charge in [-0.15, -0.1) is 0 Å². The van der Waals surface area contributed by atoms with Gasteiger partial charge in [-0.1, -0.05) is 39.2 Å². The monoisotopic (exact) mass is 678 g/mol. The molecule has 0 aliphatic carbocycles. The van der Waals surface area contributed by atoms with Crippen molar-refractivity contribution in [3.05, 3.63) is 40.8 Å². The second-order valence-corrected chi connectivity index (χ2v) is 13.5. The number of carbonyl (C=O) groups excluding carboxylic acids is 3. The zero-order valence-electron chi connectivity index (χ0n) is 22.8. The van der Waals surface area contributed by atoms with Crippen molar-refractivity contribution in [1.29, 1.82) is 0 Å². The minimum atomic E-state index is -4.26. The standard InChI is InChI=1S/C23H32BrN6O9PS/c1-23(24)20(32)26-22(33)30(21(23)36-3)18-12-16(27-29-25)17(38-18)13-37-40(34,39-14-8-6-5-7-9-14)28-15(10-11-41-4)19(31)35-2/h5-9,15-18,21H,10-13H2,1-4H3,(H,28,34)(H,26,32,33)/t15-,16-,17+,18+,21?,23?,40?/m0/s1. The number of carbonyl (C=O) groups is 3. The summed E-state index contributed by atoms with van der Waals surface area (Å²) in [4.78, 5) is 41.7. The van der Waals surface area contributed by atoms with Crippen molar-refractivity contribution in [2.24, 2.45) is 5.11 Å². The van der Waals surface area contributed by atoms with Crippen LogP contribution in [0.3, 0.4) is 0 Å². The molecule has 0 bridgehead atoms. The molecule has 0 radical (unpaired) electrons. The lowest BCUT2D eigenvalue weighted by Crippen LogP contribution is -2.69. The first kappa shape index (κ1) is 33.1. The fourth-order valence-electron chi connectivity index (χ4n) is 4.29. The van der Waals surface area contributed by atoms with E-state index in [1.165, 1.54) is 37.8 Å². The number of methoxy groups -OCH3 is 2. The molecule has 3 rings (SSSR count). The van der Waals surface area contributed by atoms with Crippen molar-refractivity contribution in [3.8, 4) is 5.75 Å². The smallest absolute Gasteiger partial charge is 0.459 e. The Balaban J connectivity index is 1.84. The van der Waals surface area contributed by atoms with Crippen LogP contribution in [0.2, 0.25) is 0 Å². The van der Waals surface area contributed by atoms with Crippen LogP contribution in [-0.4, -0.2) is 90.6 Å². The van der Waals surface area contributed by atoms with Gasteiger partial charge in [-0.3, -0.25) is 24.3 Å². The van der Waals surface area contributed by atoms with Crippen molar-refractivity contribution in [3.63, 3.8) is 0 Å². The van der Waals surface area contributed by atoms with E-state index in [-0.39, 0.29) is 18.6 Å². The number of hydrogen-bond donors (Lipinski definition) is 2. The van der Waals surface area contributed by atoms with E-state index in [1.54, 1.807) is 30.3 Å². The number of alkyl halides is 1. The van der Waals surface area contributed by atoms with Crippen LogP contribution < -0.4 is 14.9 Å². The Hall–Kier alpha value is -2.36. The highest BCUT2D eigenvalue weighted by Gasteiger charge is 2.54. The Bertz CT molecular complexity index is 1190. The second-order valence-electron chi connectivity index (χ2n) is 9.15. The largest absolute Gasteiger partial charge is 0.468 e. The second kappa shape index (κ2) is 14.7. The third-order valence-corrected chi connectivity index (χ3v) is 9.30. The molecular weight excluding hydrogens is 647 g/mol. The Labute approximate surface area is 249 Å². The SMILES string of the molecule is COC(=O)[C@H](CCSC)NP(=O)(OC[C@H]1O[C@@H](N2C(=O)NC(=O)C(C)(Br)C2OC)C[C@@H]1N=[N+]=[N-])Oc1ccccc1. The zero-order valence-corrected chi connectivity index (χ0v) is 26.1. The number of rotatable bonds is 14. The summed E-state index contributed by atoms with van der Waals surface area (Å²) in [6.45, 7) is 1.12. The number of nitrogens with one attached hydrogen (secondary N) is 2. The number of hydrogen-bond acceptors (Lipinski definition) is 11. The molecule has 0 saturated carbocycles. The highest BCUT2D eigenvalue weighted by atomic mass is 79.9. The number of benzene rings is 1. The average molecular weight is 679 g/mol. The van der Waals surface area contributed by atoms with E-state index in [0.717, 1.165) is 0 Å². The summed E-state index contributed by atoms with van der Waals surface area (Å²) in [6.07, 6.45) is -0.891. The fourth-order valence-corrected chi connectivity index (χ4v) is 6.81. The third kappa shape index (κ3) is 8.14. The van der Waals surface area contributed by atoms with E-state index in [2.05, 4.69) is 36.4 Å². The third-order valence-electron chi connectivity index (χ3n) is 6.34. The van der Waals surface area contributed by atoms with Crippen LogP contribution in [0.5, 0.6) is 5.75 Å². The molecule has 2 aliphatic rings. The van der Waals surface area contributed by atoms with Crippen LogP contribution >= 0.6 is 35.4 Å². The molecule has 3 unspecified atom stereocenters. The molecule has 0 aromatic heterocycles. The van der Waals surface area contributed by atoms with Crippen LogP contribution in [0.25, 0.3) is 10.4 Å². The van der Waals surface area contributed by atoms with E-state index >= 15 is 0 Å². The van der Waals surface area contributed by atoms with Gasteiger partial charge in [-0.25, -0.2) is 9.36 Å². The molecule has 2 N–H and O–H groups in total. The lowest BCUT2D eigenvalue weighted by Gasteiger charge is -2.44. The van der Waals surface area contributed by atoms with E-state index < -0.39 is 67.2 Å². The molecule has 1 aromatic carbocycles. The van der Waals surface area contributed by atoms with Crippen molar-refractivity contribution >= 4 is 53.3 Å². The minimum absolute atomic E-state index is 0.0262. The maximum atomic E-state index is 14.0. The van der Waals surface area contributed by atoms with E-state index in [0.29, 0.717) is 5.75 Å². The lowest BCUT2D eigenvalue weighted by atomic mass is 10.0. The maximum Gasteiger partial charge on any atom is 0.459 e. The highest BCUT2D eigenvalue weighted by Crippen LogP contribution is 2.46. The number of imide groups is 1. The summed E-state index contributed by atoms with van der Waals surface area (Å²) in [5, 5.41) is 8.70. The highest BCUT2D eigenvalue weighted by molar-refractivity contribution is 9.10. The van der Waals surface area contributed by atoms with Crippen LogP contribution in [0.4, 0.5) is 4.79 Å². The Kier molecular flexibility index (Phi) is 11.9. The Morgan fingerprint density at radius 2 is 2.10 bits per heavy atom. The van der Waals surface area contributed by atoms with Gasteiger partial charge in [0.2, 0.25) is 5.91 Å². The number of nitrogens with zero attached hydrogens (tertiary/aromatic N) is 4. The zero-order chi connectivity index (χ0) is 30.2. The predicted molar refractivity (Wildman–Crippen MR) is 152 cm³/mol. The first-order valence-electron chi connectivity index (χ1n) is 12.4. The van der Waals surface area contributed by atoms with Crippen LogP contribution in [0.15, 0.2) is 35.4 Å². The van der Waals surface area contributed by atoms with Gasteiger partial charge in [0.1, 0.15) is 22.3 Å². The molecule has 226 valence electrons. The molecule has 7 atom stereocenters. The summed E-state index contributed by atoms with van der Waals surface area (Å²) in [7, 11) is -1.71. The average Bonchev–Trinajstić information content (AvgIpc) is 3.34. The van der Waals surface area contributed by atoms with Crippen molar-refractivity contribution < 1.29 is 42.2 Å². The number of ether oxygens (including phenoxy) is 3. The van der Waals surface area contributed by atoms with E-state index in [9.17, 15) is 18.9 Å². The molecule has 2 heterocycles. The van der Waals surface area contributed by atoms with E-state index in [1.807, 2.05) is 6.26 Å². The molecule has 2 saturated heterocycles. The molecule has 15 nitrogen and oxygen atoms in total. The molecule has 2 fully saturated rings. The van der Waals surface area contributed by atoms with Gasteiger partial charge >= 0.3 is 19.7 Å². The number of amides is 3. The quantitative estimate of drug-likeness (QED) is 0.0730. The number of azide groups is 1. The molecule has 3 amide bonds. The van der Waals surface area contributed by atoms with Crippen LogP contribution in [-0.2, 0) is 32.9 Å². The number of thioether (sulfide) groups is 1. The van der Waals surface area contributed by atoms with Crippen LogP contribution in [0, 0.1) is 0 Å². The summed E-state index contributed by atoms with van der Waals surface area (Å²) < 4.78 is 40.5. The van der Waals surface area contributed by atoms with Gasteiger partial charge in [-0.05, 0) is 43.0 Å². The van der Waals surface area contributed by atoms with Gasteiger partial charge in [0.25, 0.3) is 0 Å². The topological polar surface area (TPSA) is 190 Å². The van der Waals surface area contributed by atoms with E-state index in [4.69, 9.17) is 28.8 Å². The fraction of sp³-hybridized carbons (Fsp3) is 0.609. The van der Waals surface area contributed by atoms with Crippen molar-refractivity contribution in [1.82, 2.24) is 15.3 Å². The maximum absolute atomic E-state index is 14.0. The lowest BCUT2D eigenvalue weighted by molar-refractivity contribution is -0.152.